The van der Waals surface area contributed by atoms with Crippen LogP contribution in [0.25, 0.3) is 0 Å². The Labute approximate surface area is 109 Å². The number of hydrogen-bond acceptors (Lipinski definition) is 4. The molecule has 1 amide bonds. The molecule has 1 unspecified atom stereocenters. The van der Waals surface area contributed by atoms with Gasteiger partial charge in [0.25, 0.3) is 11.6 Å². The number of carbonyl (C=O) groups excluding carboxylic acids is 1. The Morgan fingerprint density at radius 2 is 2.11 bits per heavy atom. The molecule has 19 heavy (non-hydrogen) atoms. The molecule has 0 saturated heterocycles. The highest BCUT2D eigenvalue weighted by atomic mass is 16.6. The van der Waals surface area contributed by atoms with Gasteiger partial charge in [0, 0.05) is 23.7 Å². The van der Waals surface area contributed by atoms with E-state index in [1.54, 1.807) is 0 Å². The summed E-state index contributed by atoms with van der Waals surface area (Å²) in [5.41, 5.74) is 0.290. The molecule has 0 aliphatic heterocycles. The zero-order chi connectivity index (χ0) is 14.6. The lowest BCUT2D eigenvalue weighted by Gasteiger charge is -2.10. The van der Waals surface area contributed by atoms with Crippen molar-refractivity contribution in [3.8, 4) is 0 Å². The van der Waals surface area contributed by atoms with Gasteiger partial charge in [-0.15, -0.1) is 0 Å². The number of amides is 1. The van der Waals surface area contributed by atoms with Crippen LogP contribution < -0.4 is 5.32 Å². The van der Waals surface area contributed by atoms with Gasteiger partial charge >= 0.3 is 5.97 Å². The van der Waals surface area contributed by atoms with Crippen LogP contribution in [0.2, 0.25) is 0 Å². The van der Waals surface area contributed by atoms with Crippen molar-refractivity contribution >= 4 is 17.6 Å². The van der Waals surface area contributed by atoms with Crippen molar-refractivity contribution in [2.45, 2.75) is 13.8 Å². The molecule has 0 spiro atoms. The molecule has 0 radical (unpaired) electrons. The van der Waals surface area contributed by atoms with E-state index in [2.05, 4.69) is 5.32 Å². The average molecular weight is 266 g/mol. The minimum atomic E-state index is -1.02. The maximum Gasteiger partial charge on any atom is 0.308 e. The third-order valence-electron chi connectivity index (χ3n) is 2.74. The number of nitrogens with zero attached hydrogens (tertiary/aromatic N) is 1. The van der Waals surface area contributed by atoms with Crippen molar-refractivity contribution in [1.82, 2.24) is 5.32 Å². The fourth-order valence-electron chi connectivity index (χ4n) is 1.50. The first kappa shape index (κ1) is 14.6. The molecule has 7 heteroatoms. The van der Waals surface area contributed by atoms with E-state index in [9.17, 15) is 19.7 Å². The highest BCUT2D eigenvalue weighted by Gasteiger charge is 2.19. The molecule has 1 aromatic carbocycles. The second-order valence-electron chi connectivity index (χ2n) is 4.16. The Balaban J connectivity index is 2.86. The van der Waals surface area contributed by atoms with Crippen molar-refractivity contribution in [3.05, 3.63) is 39.4 Å². The second-order valence-corrected chi connectivity index (χ2v) is 4.16. The Morgan fingerprint density at radius 1 is 1.47 bits per heavy atom. The summed E-state index contributed by atoms with van der Waals surface area (Å²) >= 11 is 0. The van der Waals surface area contributed by atoms with Gasteiger partial charge in [0.05, 0.1) is 10.8 Å². The van der Waals surface area contributed by atoms with Crippen LogP contribution in [0.4, 0.5) is 5.69 Å². The molecule has 0 aliphatic carbocycles. The van der Waals surface area contributed by atoms with Crippen molar-refractivity contribution in [2.24, 2.45) is 5.92 Å². The highest BCUT2D eigenvalue weighted by molar-refractivity contribution is 5.96. The van der Waals surface area contributed by atoms with Crippen LogP contribution in [0.15, 0.2) is 18.2 Å². The van der Waals surface area contributed by atoms with Gasteiger partial charge in [-0.05, 0) is 13.0 Å². The molecule has 1 aromatic rings. The van der Waals surface area contributed by atoms with E-state index in [1.165, 1.54) is 32.0 Å². The molecule has 0 fully saturated rings. The van der Waals surface area contributed by atoms with Gasteiger partial charge < -0.3 is 10.4 Å². The Hall–Kier alpha value is -2.44. The molecule has 0 aromatic heterocycles. The molecule has 0 saturated carbocycles. The Kier molecular flexibility index (Phi) is 4.57. The fraction of sp³-hybridized carbons (Fsp3) is 0.333. The van der Waals surface area contributed by atoms with Crippen LogP contribution in [0, 0.1) is 23.0 Å². The molecule has 0 bridgehead atoms. The zero-order valence-corrected chi connectivity index (χ0v) is 10.5. The number of nitro groups is 1. The summed E-state index contributed by atoms with van der Waals surface area (Å²) in [5.74, 6) is -2.26. The molecule has 0 heterocycles. The Morgan fingerprint density at radius 3 is 2.63 bits per heavy atom. The second kappa shape index (κ2) is 5.94. The zero-order valence-electron chi connectivity index (χ0n) is 10.5. The summed E-state index contributed by atoms with van der Waals surface area (Å²) in [7, 11) is 0. The van der Waals surface area contributed by atoms with Crippen LogP contribution in [-0.4, -0.2) is 28.5 Å². The molecule has 2 N–H and O–H groups in total. The van der Waals surface area contributed by atoms with Gasteiger partial charge in [0.1, 0.15) is 0 Å². The average Bonchev–Trinajstić information content (AvgIpc) is 2.35. The maximum absolute atomic E-state index is 11.8. The predicted molar refractivity (Wildman–Crippen MR) is 67.0 cm³/mol. The van der Waals surface area contributed by atoms with E-state index < -0.39 is 22.7 Å². The first-order valence-corrected chi connectivity index (χ1v) is 5.59. The molecule has 0 aliphatic rings. The molecule has 1 rings (SSSR count). The molecule has 102 valence electrons. The maximum atomic E-state index is 11.8. The first-order chi connectivity index (χ1) is 8.84. The number of aliphatic carboxylic acids is 1. The van der Waals surface area contributed by atoms with Crippen molar-refractivity contribution in [3.63, 3.8) is 0 Å². The SMILES string of the molecule is Cc1c(C(=O)NCC(C)C(=O)O)cccc1[N+](=O)[O-]. The minimum absolute atomic E-state index is 0.0314. The number of hydrogen-bond donors (Lipinski definition) is 2. The van der Waals surface area contributed by atoms with E-state index in [4.69, 9.17) is 5.11 Å². The summed E-state index contributed by atoms with van der Waals surface area (Å²) in [5, 5.41) is 21.9. The van der Waals surface area contributed by atoms with Gasteiger partial charge in [-0.3, -0.25) is 19.7 Å². The molecule has 1 atom stereocenters. The van der Waals surface area contributed by atoms with Gasteiger partial charge in [0.2, 0.25) is 0 Å². The third kappa shape index (κ3) is 3.51. The minimum Gasteiger partial charge on any atom is -0.481 e. The van der Waals surface area contributed by atoms with Crippen LogP contribution >= 0.6 is 0 Å². The van der Waals surface area contributed by atoms with Crippen molar-refractivity contribution in [2.75, 3.05) is 6.54 Å². The van der Waals surface area contributed by atoms with Gasteiger partial charge in [-0.1, -0.05) is 13.0 Å². The van der Waals surface area contributed by atoms with Gasteiger partial charge in [0.15, 0.2) is 0 Å². The van der Waals surface area contributed by atoms with Crippen molar-refractivity contribution < 1.29 is 19.6 Å². The normalized spacial score (nSPS) is 11.7. The number of carbonyl (C=O) groups is 2. The topological polar surface area (TPSA) is 110 Å². The number of rotatable bonds is 5. The van der Waals surface area contributed by atoms with Crippen LogP contribution in [0.5, 0.6) is 0 Å². The van der Waals surface area contributed by atoms with E-state index in [-0.39, 0.29) is 23.4 Å². The van der Waals surface area contributed by atoms with Gasteiger partial charge in [-0.25, -0.2) is 0 Å². The molecular weight excluding hydrogens is 252 g/mol. The standard InChI is InChI=1S/C12H14N2O5/c1-7(12(16)17)6-13-11(15)9-4-3-5-10(8(9)2)14(18)19/h3-5,7H,6H2,1-2H3,(H,13,15)(H,16,17). The summed E-state index contributed by atoms with van der Waals surface area (Å²) < 4.78 is 0. The summed E-state index contributed by atoms with van der Waals surface area (Å²) in [6.07, 6.45) is 0. The lowest BCUT2D eigenvalue weighted by Crippen LogP contribution is -2.31. The fourth-order valence-corrected chi connectivity index (χ4v) is 1.50. The van der Waals surface area contributed by atoms with E-state index in [0.717, 1.165) is 0 Å². The lowest BCUT2D eigenvalue weighted by molar-refractivity contribution is -0.385. The van der Waals surface area contributed by atoms with Crippen LogP contribution in [-0.2, 0) is 4.79 Å². The van der Waals surface area contributed by atoms with E-state index >= 15 is 0 Å². The predicted octanol–water partition coefficient (Wildman–Crippen LogP) is 1.35. The highest BCUT2D eigenvalue weighted by Crippen LogP contribution is 2.20. The number of benzene rings is 1. The third-order valence-corrected chi connectivity index (χ3v) is 2.74. The quantitative estimate of drug-likeness (QED) is 0.617. The number of carboxylic acid groups (broad SMARTS) is 1. The number of carboxylic acids is 1. The summed E-state index contributed by atoms with van der Waals surface area (Å²) in [4.78, 5) is 32.6. The Bertz CT molecular complexity index is 527. The van der Waals surface area contributed by atoms with E-state index in [1.807, 2.05) is 0 Å². The summed E-state index contributed by atoms with van der Waals surface area (Å²) in [6.45, 7) is 2.91. The monoisotopic (exact) mass is 266 g/mol. The number of nitro benzene ring substituents is 1. The molecule has 7 nitrogen and oxygen atoms in total. The van der Waals surface area contributed by atoms with Crippen LogP contribution in [0.1, 0.15) is 22.8 Å². The van der Waals surface area contributed by atoms with E-state index in [0.29, 0.717) is 0 Å². The number of nitrogens with one attached hydrogen (secondary N) is 1. The summed E-state index contributed by atoms with van der Waals surface area (Å²) in [6, 6.07) is 4.19. The van der Waals surface area contributed by atoms with Crippen molar-refractivity contribution in [1.29, 1.82) is 0 Å². The lowest BCUT2D eigenvalue weighted by atomic mass is 10.1. The smallest absolute Gasteiger partial charge is 0.308 e. The largest absolute Gasteiger partial charge is 0.481 e. The molecular formula is C12H14N2O5. The van der Waals surface area contributed by atoms with Gasteiger partial charge in [-0.2, -0.15) is 0 Å². The first-order valence-electron chi connectivity index (χ1n) is 5.59. The van der Waals surface area contributed by atoms with Crippen LogP contribution in [0.3, 0.4) is 0 Å².